The maximum atomic E-state index is 14.2. The summed E-state index contributed by atoms with van der Waals surface area (Å²) >= 11 is 1.54. The molecule has 0 heterocycles. The van der Waals surface area contributed by atoms with E-state index in [-0.39, 0.29) is 31.9 Å². The minimum Gasteiger partial charge on any atom is -0.508 e. The molecule has 2 unspecified atom stereocenters. The van der Waals surface area contributed by atoms with Crippen molar-refractivity contribution in [1.82, 2.24) is 15.5 Å². The standard InChI is InChI=1S/C31H51N3O7S/c1-7-9-10-11-12-13-20-34(29(38)25(18-21-42-6)33-30(39)41-31(3,4)5)27(23-15-14-16-24(35)22-23)28(37)32-19-17-26(36)40-8-2/h14-16,22,25,27,35H,7-13,17-21H2,1-6H3,(H,32,37)(H,33,39). The average Bonchev–Trinajstić information content (AvgIpc) is 2.91. The smallest absolute Gasteiger partial charge is 0.408 e. The second kappa shape index (κ2) is 20.0. The molecule has 3 amide bonds. The van der Waals surface area contributed by atoms with Gasteiger partial charge in [0.25, 0.3) is 0 Å². The van der Waals surface area contributed by atoms with Gasteiger partial charge in [-0.25, -0.2) is 4.79 Å². The Bertz CT molecular complexity index is 984. The number of rotatable bonds is 19. The van der Waals surface area contributed by atoms with E-state index >= 15 is 0 Å². The minimum atomic E-state index is -1.10. The molecule has 42 heavy (non-hydrogen) atoms. The summed E-state index contributed by atoms with van der Waals surface area (Å²) in [6.07, 6.45) is 7.38. The summed E-state index contributed by atoms with van der Waals surface area (Å²) < 4.78 is 10.4. The highest BCUT2D eigenvalue weighted by molar-refractivity contribution is 7.98. The number of hydrogen-bond donors (Lipinski definition) is 3. The number of alkyl carbamates (subject to hydrolysis) is 1. The van der Waals surface area contributed by atoms with E-state index in [0.29, 0.717) is 24.2 Å². The normalized spacial score (nSPS) is 12.6. The van der Waals surface area contributed by atoms with E-state index in [1.807, 2.05) is 6.26 Å². The van der Waals surface area contributed by atoms with Gasteiger partial charge in [0.15, 0.2) is 0 Å². The Morgan fingerprint density at radius 1 is 1.05 bits per heavy atom. The molecule has 2 atom stereocenters. The van der Waals surface area contributed by atoms with E-state index in [1.54, 1.807) is 51.6 Å². The lowest BCUT2D eigenvalue weighted by Crippen LogP contribution is -2.53. The van der Waals surface area contributed by atoms with Gasteiger partial charge in [0.2, 0.25) is 11.8 Å². The lowest BCUT2D eigenvalue weighted by molar-refractivity contribution is -0.144. The van der Waals surface area contributed by atoms with E-state index in [0.717, 1.165) is 32.1 Å². The molecule has 0 spiro atoms. The number of benzene rings is 1. The number of nitrogens with one attached hydrogen (secondary N) is 2. The summed E-state index contributed by atoms with van der Waals surface area (Å²) in [7, 11) is 0. The molecule has 3 N–H and O–H groups in total. The number of unbranched alkanes of at least 4 members (excludes halogenated alkanes) is 5. The van der Waals surface area contributed by atoms with Gasteiger partial charge in [-0.1, -0.05) is 51.2 Å². The van der Waals surface area contributed by atoms with Crippen LogP contribution in [0.2, 0.25) is 0 Å². The number of phenols is 1. The lowest BCUT2D eigenvalue weighted by Gasteiger charge is -2.34. The maximum Gasteiger partial charge on any atom is 0.408 e. The number of phenolic OH excluding ortho intramolecular Hbond substituents is 1. The van der Waals surface area contributed by atoms with Gasteiger partial charge < -0.3 is 30.1 Å². The van der Waals surface area contributed by atoms with Crippen LogP contribution in [0.3, 0.4) is 0 Å². The van der Waals surface area contributed by atoms with Crippen molar-refractivity contribution in [3.05, 3.63) is 29.8 Å². The topological polar surface area (TPSA) is 134 Å². The predicted octanol–water partition coefficient (Wildman–Crippen LogP) is 5.34. The van der Waals surface area contributed by atoms with Crippen LogP contribution in [0.15, 0.2) is 24.3 Å². The summed E-state index contributed by atoms with van der Waals surface area (Å²) in [6, 6.07) is 4.20. The third-order valence-corrected chi connectivity index (χ3v) is 6.96. The number of nitrogens with zero attached hydrogens (tertiary/aromatic N) is 1. The molecule has 0 saturated heterocycles. The largest absolute Gasteiger partial charge is 0.508 e. The summed E-state index contributed by atoms with van der Waals surface area (Å²) in [6.45, 7) is 9.62. The number of hydrogen-bond acceptors (Lipinski definition) is 8. The highest BCUT2D eigenvalue weighted by Crippen LogP contribution is 2.27. The van der Waals surface area contributed by atoms with Crippen molar-refractivity contribution in [3.8, 4) is 5.75 Å². The number of amides is 3. The molecule has 11 heteroatoms. The molecule has 0 aliphatic rings. The van der Waals surface area contributed by atoms with Crippen LogP contribution in [0.4, 0.5) is 4.79 Å². The monoisotopic (exact) mass is 609 g/mol. The quantitative estimate of drug-likeness (QED) is 0.141. The first kappa shape index (κ1) is 37.1. The number of ether oxygens (including phenoxy) is 2. The summed E-state index contributed by atoms with van der Waals surface area (Å²) in [5.41, 5.74) is -0.331. The fraction of sp³-hybridized carbons (Fsp3) is 0.677. The summed E-state index contributed by atoms with van der Waals surface area (Å²) in [5, 5.41) is 15.7. The molecule has 0 bridgehead atoms. The third kappa shape index (κ3) is 14.8. The van der Waals surface area contributed by atoms with Gasteiger partial charge in [0.05, 0.1) is 13.0 Å². The molecular weight excluding hydrogens is 558 g/mol. The van der Waals surface area contributed by atoms with Crippen LogP contribution in [0.1, 0.15) is 97.6 Å². The number of carbonyl (C=O) groups is 4. The van der Waals surface area contributed by atoms with Crippen LogP contribution in [0.25, 0.3) is 0 Å². The third-order valence-electron chi connectivity index (χ3n) is 6.32. The molecule has 0 aliphatic carbocycles. The zero-order valence-electron chi connectivity index (χ0n) is 26.2. The first-order valence-electron chi connectivity index (χ1n) is 14.9. The molecule has 0 fully saturated rings. The lowest BCUT2D eigenvalue weighted by atomic mass is 10.0. The SMILES string of the molecule is CCCCCCCCN(C(=O)C(CCSC)NC(=O)OC(C)(C)C)C(C(=O)NCCC(=O)OCC)c1cccc(O)c1. The van der Waals surface area contributed by atoms with Gasteiger partial charge in [0.1, 0.15) is 23.4 Å². The Hall–Kier alpha value is -2.95. The van der Waals surface area contributed by atoms with Crippen molar-refractivity contribution in [3.63, 3.8) is 0 Å². The molecular formula is C31H51N3O7S. The summed E-state index contributed by atoms with van der Waals surface area (Å²) in [5.74, 6) is -0.804. The van der Waals surface area contributed by atoms with Crippen LogP contribution in [-0.4, -0.2) is 77.2 Å². The second-order valence-electron chi connectivity index (χ2n) is 11.1. The molecule has 1 aromatic rings. The van der Waals surface area contributed by atoms with Gasteiger partial charge in [-0.05, 0) is 70.2 Å². The number of esters is 1. The molecule has 0 aromatic heterocycles. The first-order valence-corrected chi connectivity index (χ1v) is 16.3. The Labute approximate surface area is 255 Å². The van der Waals surface area contributed by atoms with Crippen LogP contribution in [0.5, 0.6) is 5.75 Å². The number of carbonyl (C=O) groups excluding carboxylic acids is 4. The molecule has 0 radical (unpaired) electrons. The van der Waals surface area contributed by atoms with E-state index in [1.165, 1.54) is 17.0 Å². The van der Waals surface area contributed by atoms with E-state index < -0.39 is 41.6 Å². The van der Waals surface area contributed by atoms with E-state index in [2.05, 4.69) is 17.6 Å². The van der Waals surface area contributed by atoms with Gasteiger partial charge in [0, 0.05) is 13.1 Å². The highest BCUT2D eigenvalue weighted by atomic mass is 32.2. The Kier molecular flexibility index (Phi) is 17.7. The average molecular weight is 610 g/mol. The van der Waals surface area contributed by atoms with Gasteiger partial charge in [-0.2, -0.15) is 11.8 Å². The Balaban J connectivity index is 3.39. The Morgan fingerprint density at radius 3 is 2.36 bits per heavy atom. The van der Waals surface area contributed by atoms with Crippen LogP contribution >= 0.6 is 11.8 Å². The van der Waals surface area contributed by atoms with Crippen molar-refractivity contribution < 1.29 is 33.8 Å². The molecule has 1 aromatic carbocycles. The van der Waals surface area contributed by atoms with Gasteiger partial charge in [-0.15, -0.1) is 0 Å². The van der Waals surface area contributed by atoms with Gasteiger partial charge >= 0.3 is 12.1 Å². The maximum absolute atomic E-state index is 14.2. The zero-order valence-corrected chi connectivity index (χ0v) is 27.0. The van der Waals surface area contributed by atoms with Crippen molar-refractivity contribution in [2.75, 3.05) is 31.7 Å². The van der Waals surface area contributed by atoms with Crippen molar-refractivity contribution in [1.29, 1.82) is 0 Å². The number of thioether (sulfide) groups is 1. The zero-order chi connectivity index (χ0) is 31.5. The molecule has 10 nitrogen and oxygen atoms in total. The van der Waals surface area contributed by atoms with Crippen molar-refractivity contribution in [2.45, 2.75) is 104 Å². The van der Waals surface area contributed by atoms with Crippen molar-refractivity contribution >= 4 is 35.6 Å². The first-order chi connectivity index (χ1) is 19.9. The fourth-order valence-electron chi connectivity index (χ4n) is 4.36. The predicted molar refractivity (Wildman–Crippen MR) is 166 cm³/mol. The van der Waals surface area contributed by atoms with E-state index in [9.17, 15) is 24.3 Å². The second-order valence-corrected chi connectivity index (χ2v) is 12.1. The summed E-state index contributed by atoms with van der Waals surface area (Å²) in [4.78, 5) is 54.0. The van der Waals surface area contributed by atoms with Crippen molar-refractivity contribution in [2.24, 2.45) is 0 Å². The minimum absolute atomic E-state index is 0.0196. The highest BCUT2D eigenvalue weighted by Gasteiger charge is 2.36. The molecule has 0 saturated carbocycles. The molecule has 1 rings (SSSR count). The fourth-order valence-corrected chi connectivity index (χ4v) is 4.83. The van der Waals surface area contributed by atoms with Gasteiger partial charge in [-0.3, -0.25) is 14.4 Å². The van der Waals surface area contributed by atoms with Crippen LogP contribution in [0, 0.1) is 0 Å². The van der Waals surface area contributed by atoms with E-state index in [4.69, 9.17) is 9.47 Å². The Morgan fingerprint density at radius 2 is 1.74 bits per heavy atom. The molecule has 0 aliphatic heterocycles. The van der Waals surface area contributed by atoms with Crippen LogP contribution in [-0.2, 0) is 23.9 Å². The number of aromatic hydroxyl groups is 1. The molecule has 238 valence electrons. The van der Waals surface area contributed by atoms with Crippen LogP contribution < -0.4 is 10.6 Å².